The summed E-state index contributed by atoms with van der Waals surface area (Å²) < 4.78 is 5.58. The molecule has 0 aliphatic rings. The van der Waals surface area contributed by atoms with E-state index in [-0.39, 0.29) is 5.91 Å². The minimum atomic E-state index is -0.0183. The number of carbonyl (C=O) groups is 1. The van der Waals surface area contributed by atoms with Crippen molar-refractivity contribution in [3.05, 3.63) is 42.0 Å². The van der Waals surface area contributed by atoms with Crippen LogP contribution in [0.3, 0.4) is 0 Å². The highest BCUT2D eigenvalue weighted by molar-refractivity contribution is 5.76. The van der Waals surface area contributed by atoms with Gasteiger partial charge in [0.2, 0.25) is 5.91 Å². The van der Waals surface area contributed by atoms with Gasteiger partial charge in [-0.25, -0.2) is 0 Å². The highest BCUT2D eigenvalue weighted by atomic mass is 16.5. The Morgan fingerprint density at radius 1 is 1.47 bits per heavy atom. The minimum Gasteiger partial charge on any atom is -0.493 e. The zero-order valence-corrected chi connectivity index (χ0v) is 10.5. The first-order valence-electron chi connectivity index (χ1n) is 5.71. The lowest BCUT2D eigenvalue weighted by molar-refractivity contribution is -0.121. The highest BCUT2D eigenvalue weighted by Gasteiger charge is 2.03. The van der Waals surface area contributed by atoms with Gasteiger partial charge in [0.05, 0.1) is 13.0 Å². The summed E-state index contributed by atoms with van der Waals surface area (Å²) in [7, 11) is 0. The van der Waals surface area contributed by atoms with E-state index in [0.717, 1.165) is 11.3 Å². The lowest BCUT2D eigenvalue weighted by Gasteiger charge is -2.10. The summed E-state index contributed by atoms with van der Waals surface area (Å²) in [5.74, 6) is 0.830. The van der Waals surface area contributed by atoms with Crippen molar-refractivity contribution in [2.75, 3.05) is 13.2 Å². The molecule has 0 fully saturated rings. The van der Waals surface area contributed by atoms with Crippen LogP contribution in [0.5, 0.6) is 5.75 Å². The van der Waals surface area contributed by atoms with Crippen molar-refractivity contribution in [3.8, 4) is 5.75 Å². The fourth-order valence-corrected chi connectivity index (χ4v) is 1.41. The van der Waals surface area contributed by atoms with E-state index in [0.29, 0.717) is 19.6 Å². The van der Waals surface area contributed by atoms with E-state index in [1.54, 1.807) is 6.08 Å². The zero-order chi connectivity index (χ0) is 12.7. The smallest absolute Gasteiger partial charge is 0.223 e. The molecule has 1 amide bonds. The van der Waals surface area contributed by atoms with E-state index in [2.05, 4.69) is 11.9 Å². The third-order valence-electron chi connectivity index (χ3n) is 2.59. The van der Waals surface area contributed by atoms with E-state index in [4.69, 9.17) is 4.74 Å². The Morgan fingerprint density at radius 3 is 2.94 bits per heavy atom. The van der Waals surface area contributed by atoms with Gasteiger partial charge >= 0.3 is 0 Å². The van der Waals surface area contributed by atoms with E-state index in [1.165, 1.54) is 5.56 Å². The predicted octanol–water partition coefficient (Wildman–Crippen LogP) is 2.37. The van der Waals surface area contributed by atoms with Crippen LogP contribution in [0, 0.1) is 13.8 Å². The number of amides is 1. The second kappa shape index (κ2) is 6.74. The minimum absolute atomic E-state index is 0.0183. The Kier molecular flexibility index (Phi) is 5.27. The maximum atomic E-state index is 11.3. The molecule has 3 nitrogen and oxygen atoms in total. The molecule has 0 spiro atoms. The van der Waals surface area contributed by atoms with Crippen molar-refractivity contribution in [3.63, 3.8) is 0 Å². The average Bonchev–Trinajstić information content (AvgIpc) is 2.32. The Balaban J connectivity index is 2.38. The molecule has 1 aromatic carbocycles. The number of nitrogens with one attached hydrogen (secondary N) is 1. The van der Waals surface area contributed by atoms with Gasteiger partial charge in [0.15, 0.2) is 0 Å². The largest absolute Gasteiger partial charge is 0.493 e. The zero-order valence-electron chi connectivity index (χ0n) is 10.5. The third kappa shape index (κ3) is 4.31. The molecule has 0 aliphatic heterocycles. The second-order valence-electron chi connectivity index (χ2n) is 3.89. The molecule has 1 rings (SSSR count). The molecule has 1 N–H and O–H groups in total. The molecule has 0 aliphatic carbocycles. The van der Waals surface area contributed by atoms with Crippen molar-refractivity contribution in [1.29, 1.82) is 0 Å². The van der Waals surface area contributed by atoms with Crippen LogP contribution in [-0.2, 0) is 4.79 Å². The van der Waals surface area contributed by atoms with Gasteiger partial charge in [-0.1, -0.05) is 18.2 Å². The topological polar surface area (TPSA) is 38.3 Å². The molecule has 1 aromatic rings. The van der Waals surface area contributed by atoms with E-state index in [1.807, 2.05) is 32.0 Å². The molecule has 0 heterocycles. The number of carbonyl (C=O) groups excluding carboxylic acids is 1. The van der Waals surface area contributed by atoms with Crippen LogP contribution in [0.15, 0.2) is 30.9 Å². The summed E-state index contributed by atoms with van der Waals surface area (Å²) in [4.78, 5) is 11.3. The molecule has 3 heteroatoms. The monoisotopic (exact) mass is 233 g/mol. The van der Waals surface area contributed by atoms with Crippen LogP contribution in [0.2, 0.25) is 0 Å². The summed E-state index contributed by atoms with van der Waals surface area (Å²) in [6.07, 6.45) is 2.02. The van der Waals surface area contributed by atoms with E-state index in [9.17, 15) is 4.79 Å². The Labute approximate surface area is 102 Å². The maximum Gasteiger partial charge on any atom is 0.223 e. The van der Waals surface area contributed by atoms with Gasteiger partial charge < -0.3 is 10.1 Å². The Bertz CT molecular complexity index is 399. The average molecular weight is 233 g/mol. The number of aryl methyl sites for hydroxylation is 1. The number of ether oxygens (including phenoxy) is 1. The summed E-state index contributed by atoms with van der Waals surface area (Å²) in [5.41, 5.74) is 2.32. The van der Waals surface area contributed by atoms with Gasteiger partial charge in [-0.05, 0) is 31.0 Å². The van der Waals surface area contributed by atoms with Gasteiger partial charge in [-0.3, -0.25) is 4.79 Å². The lowest BCUT2D eigenvalue weighted by atomic mass is 10.1. The second-order valence-corrected chi connectivity index (χ2v) is 3.89. The van der Waals surface area contributed by atoms with Crippen LogP contribution in [0.1, 0.15) is 17.5 Å². The highest BCUT2D eigenvalue weighted by Crippen LogP contribution is 2.20. The molecule has 92 valence electrons. The summed E-state index contributed by atoms with van der Waals surface area (Å²) in [6, 6.07) is 5.92. The number of hydrogen-bond acceptors (Lipinski definition) is 2. The standard InChI is InChI=1S/C14H19NO2/c1-4-9-15-14(16)8-10-17-13-7-5-6-11(2)12(13)3/h4-7H,1,8-10H2,2-3H3,(H,15,16). The van der Waals surface area contributed by atoms with Crippen LogP contribution in [0.4, 0.5) is 0 Å². The van der Waals surface area contributed by atoms with Crippen molar-refractivity contribution < 1.29 is 9.53 Å². The molecule has 0 saturated heterocycles. The van der Waals surface area contributed by atoms with Crippen LogP contribution in [0.25, 0.3) is 0 Å². The normalized spacial score (nSPS) is 9.76. The first-order chi connectivity index (χ1) is 8.15. The molecular weight excluding hydrogens is 214 g/mol. The number of benzene rings is 1. The SMILES string of the molecule is C=CCNC(=O)CCOc1cccc(C)c1C. The van der Waals surface area contributed by atoms with E-state index < -0.39 is 0 Å². The predicted molar refractivity (Wildman–Crippen MR) is 69.2 cm³/mol. The lowest BCUT2D eigenvalue weighted by Crippen LogP contribution is -2.24. The molecular formula is C14H19NO2. The van der Waals surface area contributed by atoms with Gasteiger partial charge in [0.25, 0.3) is 0 Å². The summed E-state index contributed by atoms with van der Waals surface area (Å²) in [5, 5.41) is 2.71. The Morgan fingerprint density at radius 2 is 2.24 bits per heavy atom. The molecule has 0 radical (unpaired) electrons. The fraction of sp³-hybridized carbons (Fsp3) is 0.357. The summed E-state index contributed by atoms with van der Waals surface area (Å²) in [6.45, 7) is 8.49. The molecule has 0 saturated carbocycles. The van der Waals surface area contributed by atoms with Crippen molar-refractivity contribution in [2.45, 2.75) is 20.3 Å². The van der Waals surface area contributed by atoms with Crippen molar-refractivity contribution >= 4 is 5.91 Å². The van der Waals surface area contributed by atoms with Gasteiger partial charge in [-0.15, -0.1) is 6.58 Å². The van der Waals surface area contributed by atoms with Crippen LogP contribution in [-0.4, -0.2) is 19.1 Å². The molecule has 0 unspecified atom stereocenters. The molecule has 0 aromatic heterocycles. The van der Waals surface area contributed by atoms with E-state index >= 15 is 0 Å². The fourth-order valence-electron chi connectivity index (χ4n) is 1.41. The summed E-state index contributed by atoms with van der Waals surface area (Å²) >= 11 is 0. The molecule has 17 heavy (non-hydrogen) atoms. The van der Waals surface area contributed by atoms with Crippen molar-refractivity contribution in [2.24, 2.45) is 0 Å². The van der Waals surface area contributed by atoms with Gasteiger partial charge in [0, 0.05) is 6.54 Å². The van der Waals surface area contributed by atoms with Crippen LogP contribution < -0.4 is 10.1 Å². The number of rotatable bonds is 6. The van der Waals surface area contributed by atoms with Crippen molar-refractivity contribution in [1.82, 2.24) is 5.32 Å². The first-order valence-corrected chi connectivity index (χ1v) is 5.71. The number of hydrogen-bond donors (Lipinski definition) is 1. The molecule has 0 atom stereocenters. The quantitative estimate of drug-likeness (QED) is 0.766. The third-order valence-corrected chi connectivity index (χ3v) is 2.59. The van der Waals surface area contributed by atoms with Gasteiger partial charge in [-0.2, -0.15) is 0 Å². The first kappa shape index (κ1) is 13.3. The Hall–Kier alpha value is -1.77. The maximum absolute atomic E-state index is 11.3. The molecule has 0 bridgehead atoms. The van der Waals surface area contributed by atoms with Crippen LogP contribution >= 0.6 is 0 Å². The van der Waals surface area contributed by atoms with Gasteiger partial charge in [0.1, 0.15) is 5.75 Å².